The van der Waals surface area contributed by atoms with Crippen molar-refractivity contribution in [1.82, 2.24) is 15.1 Å². The van der Waals surface area contributed by atoms with Crippen molar-refractivity contribution in [3.05, 3.63) is 64.5 Å². The summed E-state index contributed by atoms with van der Waals surface area (Å²) < 4.78 is 129. The number of piperidine rings is 1. The molecule has 2 aromatic rings. The summed E-state index contributed by atoms with van der Waals surface area (Å²) in [4.78, 5) is 38.1. The van der Waals surface area contributed by atoms with Crippen molar-refractivity contribution in [3.8, 4) is 5.75 Å². The van der Waals surface area contributed by atoms with Gasteiger partial charge in [0.2, 0.25) is 11.8 Å². The van der Waals surface area contributed by atoms with Gasteiger partial charge in [0.15, 0.2) is 0 Å². The molecule has 0 bridgehead atoms. The molecule has 3 unspecified atom stereocenters. The standard InChI is InChI=1S/C27H30FN3O5/c1-16-11-30(12-17(2)36-16)13-18-6-7-22(28)19(10-18)15-35-24-5-3-4-20-21(24)14-31(27(20)34)23-8-9-25(32)29-26(23)33/h3-7,10,16-17,23H,8-9,11-15H2,1-2H3,(H,29,32,33)/i11D2,12D2,13D2,14D2,15D2,16D,17D. The third-order valence-corrected chi connectivity index (χ3v) is 5.55. The first-order valence-electron chi connectivity index (χ1n) is 17.0. The molecule has 5 rings (SSSR count). The Balaban J connectivity index is 1.55. The highest BCUT2D eigenvalue weighted by Gasteiger charge is 2.40. The number of hydrogen-bond acceptors (Lipinski definition) is 6. The first-order chi connectivity index (χ1) is 21.7. The van der Waals surface area contributed by atoms with E-state index in [4.69, 9.17) is 25.9 Å². The lowest BCUT2D eigenvalue weighted by Crippen LogP contribution is -2.52. The van der Waals surface area contributed by atoms with E-state index in [1.54, 1.807) is 0 Å². The number of halogens is 1. The number of benzene rings is 2. The molecule has 190 valence electrons. The minimum Gasteiger partial charge on any atom is -0.488 e. The van der Waals surface area contributed by atoms with Gasteiger partial charge in [-0.2, -0.15) is 0 Å². The Morgan fingerprint density at radius 2 is 2.00 bits per heavy atom. The minimum atomic E-state index is -3.28. The van der Waals surface area contributed by atoms with Gasteiger partial charge in [-0.05, 0) is 50.1 Å². The quantitative estimate of drug-likeness (QED) is 0.605. The largest absolute Gasteiger partial charge is 0.488 e. The lowest BCUT2D eigenvalue weighted by molar-refractivity contribution is -0.136. The van der Waals surface area contributed by atoms with Crippen LogP contribution in [-0.4, -0.2) is 58.7 Å². The smallest absolute Gasteiger partial charge is 0.255 e. The topological polar surface area (TPSA) is 88.2 Å². The van der Waals surface area contributed by atoms with E-state index in [9.17, 15) is 14.4 Å². The summed E-state index contributed by atoms with van der Waals surface area (Å²) in [5.41, 5.74) is -2.46. The van der Waals surface area contributed by atoms with E-state index >= 15 is 4.39 Å². The number of carbonyl (C=O) groups is 3. The van der Waals surface area contributed by atoms with Crippen LogP contribution in [0.25, 0.3) is 0 Å². The van der Waals surface area contributed by atoms with Gasteiger partial charge in [0, 0.05) is 50.8 Å². The first kappa shape index (κ1) is 13.9. The monoisotopic (exact) mass is 507 g/mol. The third kappa shape index (κ3) is 4.99. The zero-order valence-corrected chi connectivity index (χ0v) is 19.3. The fraction of sp³-hybridized carbons (Fsp3) is 0.444. The first-order valence-corrected chi connectivity index (χ1v) is 11.0. The number of amides is 3. The second-order valence-electron chi connectivity index (χ2n) is 8.22. The van der Waals surface area contributed by atoms with Crippen molar-refractivity contribution in [2.24, 2.45) is 0 Å². The number of nitrogens with zero attached hydrogens (tertiary/aromatic N) is 2. The van der Waals surface area contributed by atoms with Gasteiger partial charge in [0.25, 0.3) is 5.91 Å². The van der Waals surface area contributed by atoms with Crippen LogP contribution >= 0.6 is 0 Å². The van der Waals surface area contributed by atoms with Gasteiger partial charge in [-0.3, -0.25) is 24.6 Å². The Kier molecular flexibility index (Phi) is 3.84. The number of hydrogen-bond donors (Lipinski definition) is 1. The molecule has 3 heterocycles. The molecule has 3 aliphatic rings. The van der Waals surface area contributed by atoms with Crippen LogP contribution in [0, 0.1) is 5.82 Å². The molecular formula is C27H30FN3O5. The lowest BCUT2D eigenvalue weighted by atomic mass is 10.0. The van der Waals surface area contributed by atoms with Crippen molar-refractivity contribution in [3.63, 3.8) is 0 Å². The summed E-state index contributed by atoms with van der Waals surface area (Å²) in [7, 11) is 0. The van der Waals surface area contributed by atoms with Gasteiger partial charge in [-0.15, -0.1) is 0 Å². The molecule has 0 radical (unpaired) electrons. The van der Waals surface area contributed by atoms with E-state index in [2.05, 4.69) is 5.32 Å². The maximum Gasteiger partial charge on any atom is 0.255 e. The molecule has 36 heavy (non-hydrogen) atoms. The fourth-order valence-electron chi connectivity index (χ4n) is 3.94. The number of carbonyl (C=O) groups excluding carboxylic acids is 3. The van der Waals surface area contributed by atoms with Crippen molar-refractivity contribution in [2.45, 2.75) is 64.4 Å². The van der Waals surface area contributed by atoms with E-state index < -0.39 is 96.7 Å². The zero-order valence-electron chi connectivity index (χ0n) is 31.3. The Morgan fingerprint density at radius 3 is 2.75 bits per heavy atom. The molecule has 0 saturated carbocycles. The Bertz CT molecular complexity index is 1690. The maximum absolute atomic E-state index is 15.3. The number of rotatable bonds is 6. The summed E-state index contributed by atoms with van der Waals surface area (Å²) in [6, 6.07) is 4.18. The van der Waals surface area contributed by atoms with Gasteiger partial charge >= 0.3 is 0 Å². The number of ether oxygens (including phenoxy) is 2. The maximum atomic E-state index is 15.3. The van der Waals surface area contributed by atoms with Crippen LogP contribution in [0.15, 0.2) is 36.4 Å². The molecule has 3 atom stereocenters. The fourth-order valence-corrected chi connectivity index (χ4v) is 3.94. The van der Waals surface area contributed by atoms with E-state index in [-0.39, 0.29) is 23.3 Å². The van der Waals surface area contributed by atoms with E-state index in [0.29, 0.717) is 17.0 Å². The highest BCUT2D eigenvalue weighted by molar-refractivity contribution is 6.05. The van der Waals surface area contributed by atoms with Crippen LogP contribution in [0.1, 0.15) is 70.2 Å². The molecule has 0 aromatic heterocycles. The van der Waals surface area contributed by atoms with Gasteiger partial charge in [-0.25, -0.2) is 4.39 Å². The lowest BCUT2D eigenvalue weighted by Gasteiger charge is -2.35. The molecule has 2 saturated heterocycles. The predicted molar refractivity (Wildman–Crippen MR) is 129 cm³/mol. The molecule has 2 fully saturated rings. The molecule has 0 aliphatic carbocycles. The average Bonchev–Trinajstić information content (AvgIpc) is 3.12. The summed E-state index contributed by atoms with van der Waals surface area (Å²) >= 11 is 0. The number of fused-ring (bicyclic) bond motifs is 1. The molecule has 1 N–H and O–H groups in total. The highest BCUT2D eigenvalue weighted by Crippen LogP contribution is 2.34. The van der Waals surface area contributed by atoms with Crippen molar-refractivity contribution in [2.75, 3.05) is 13.0 Å². The van der Waals surface area contributed by atoms with E-state index in [1.165, 1.54) is 12.1 Å². The Hall–Kier alpha value is -3.30. The number of nitrogens with one attached hydrogen (secondary N) is 1. The third-order valence-electron chi connectivity index (χ3n) is 5.55. The van der Waals surface area contributed by atoms with Crippen LogP contribution < -0.4 is 10.1 Å². The normalized spacial score (nSPS) is 38.6. The summed E-state index contributed by atoms with van der Waals surface area (Å²) in [5, 5.41) is 2.05. The molecule has 3 aliphatic heterocycles. The van der Waals surface area contributed by atoms with Crippen LogP contribution in [0.4, 0.5) is 4.39 Å². The molecule has 0 spiro atoms. The SMILES string of the molecule is [2H]C([2H])(Oc1cccc2c1C([2H])([2H])N(C1CCC(=O)NC1=O)C2=O)c1cc(C([2H])([2H])N2C([2H])([2H])C([2H])(C)OC([2H])(C)C2([2H])[2H])ccc1F. The average molecular weight is 508 g/mol. The van der Waals surface area contributed by atoms with Gasteiger partial charge in [0.1, 0.15) is 24.2 Å². The van der Waals surface area contributed by atoms with Gasteiger partial charge in [0.05, 0.1) is 26.9 Å². The molecule has 3 amide bonds. The zero-order chi connectivity index (χ0) is 36.2. The second-order valence-corrected chi connectivity index (χ2v) is 8.22. The van der Waals surface area contributed by atoms with E-state index in [0.717, 1.165) is 26.0 Å². The van der Waals surface area contributed by atoms with Crippen LogP contribution in [0.3, 0.4) is 0 Å². The molecule has 8 nitrogen and oxygen atoms in total. The number of morpholine rings is 1. The van der Waals surface area contributed by atoms with Crippen LogP contribution in [-0.2, 0) is 33.9 Å². The van der Waals surface area contributed by atoms with Crippen molar-refractivity contribution >= 4 is 17.7 Å². The predicted octanol–water partition coefficient (Wildman–Crippen LogP) is 2.77. The number of imide groups is 1. The summed E-state index contributed by atoms with van der Waals surface area (Å²) in [5.74, 6) is -4.33. The summed E-state index contributed by atoms with van der Waals surface area (Å²) in [6.45, 7) is -14.0. The summed E-state index contributed by atoms with van der Waals surface area (Å²) in [6.07, 6.45) is -5.72. The Labute approximate surface area is 226 Å². The van der Waals surface area contributed by atoms with Crippen molar-refractivity contribution < 1.29 is 44.7 Å². The van der Waals surface area contributed by atoms with Gasteiger partial charge < -0.3 is 14.4 Å². The van der Waals surface area contributed by atoms with Crippen LogP contribution in [0.5, 0.6) is 5.75 Å². The van der Waals surface area contributed by atoms with E-state index in [1.807, 2.05) is 0 Å². The molecule has 2 aromatic carbocycles. The Morgan fingerprint density at radius 1 is 1.22 bits per heavy atom. The second kappa shape index (κ2) is 9.99. The molecule has 9 heteroatoms. The van der Waals surface area contributed by atoms with Crippen LogP contribution in [0.2, 0.25) is 0 Å². The van der Waals surface area contributed by atoms with Crippen molar-refractivity contribution in [1.29, 1.82) is 0 Å². The highest BCUT2D eigenvalue weighted by atomic mass is 19.1. The minimum absolute atomic E-state index is 0.0300. The van der Waals surface area contributed by atoms with Gasteiger partial charge in [-0.1, -0.05) is 12.1 Å². The molecular weight excluding hydrogens is 465 g/mol.